The summed E-state index contributed by atoms with van der Waals surface area (Å²) in [5.74, 6) is -1.97. The number of para-hydroxylation sites is 2. The van der Waals surface area contributed by atoms with Gasteiger partial charge in [-0.1, -0.05) is 36.4 Å². The Labute approximate surface area is 165 Å². The van der Waals surface area contributed by atoms with Crippen LogP contribution in [0.4, 0.5) is 0 Å². The maximum Gasteiger partial charge on any atom is 0.335 e. The molecule has 9 nitrogen and oxygen atoms in total. The van der Waals surface area contributed by atoms with Gasteiger partial charge in [0, 0.05) is 11.6 Å². The average Bonchev–Trinajstić information content (AvgIpc) is 3.13. The third-order valence-electron chi connectivity index (χ3n) is 4.31. The number of hydrogen-bond donors (Lipinski definition) is 4. The monoisotopic (exact) mass is 397 g/mol. The van der Waals surface area contributed by atoms with Crippen molar-refractivity contribution in [1.29, 1.82) is 0 Å². The summed E-state index contributed by atoms with van der Waals surface area (Å²) in [5, 5.41) is 24.5. The van der Waals surface area contributed by atoms with E-state index < -0.39 is 29.6 Å². The number of ether oxygens (including phenoxy) is 1. The Morgan fingerprint density at radius 1 is 1.10 bits per heavy atom. The summed E-state index contributed by atoms with van der Waals surface area (Å²) in [6.07, 6.45) is -1.93. The third-order valence-corrected chi connectivity index (χ3v) is 4.31. The van der Waals surface area contributed by atoms with Gasteiger partial charge in [0.1, 0.15) is 11.4 Å². The summed E-state index contributed by atoms with van der Waals surface area (Å²) in [7, 11) is 1.39. The van der Waals surface area contributed by atoms with Crippen LogP contribution in [0.15, 0.2) is 65.5 Å². The Kier molecular flexibility index (Phi) is 5.79. The molecule has 0 aliphatic rings. The van der Waals surface area contributed by atoms with Crippen molar-refractivity contribution in [2.24, 2.45) is 0 Å². The number of carboxylic acid groups (broad SMARTS) is 1. The van der Waals surface area contributed by atoms with Crippen LogP contribution in [-0.4, -0.2) is 45.1 Å². The van der Waals surface area contributed by atoms with Crippen LogP contribution >= 0.6 is 0 Å². The van der Waals surface area contributed by atoms with Gasteiger partial charge < -0.3 is 20.3 Å². The highest BCUT2D eigenvalue weighted by molar-refractivity contribution is 5.93. The SMILES string of the molecule is COc1ccccc1[C@@H](NC(=O)c1cc(=O)n(-c2ccccc2)[nH]1)[C@@H](O)C(=O)O. The van der Waals surface area contributed by atoms with E-state index in [1.807, 2.05) is 0 Å². The van der Waals surface area contributed by atoms with E-state index in [1.165, 1.54) is 17.9 Å². The van der Waals surface area contributed by atoms with Gasteiger partial charge in [-0.15, -0.1) is 0 Å². The van der Waals surface area contributed by atoms with Crippen LogP contribution < -0.4 is 15.6 Å². The van der Waals surface area contributed by atoms with Crippen LogP contribution in [0.2, 0.25) is 0 Å². The minimum absolute atomic E-state index is 0.0867. The van der Waals surface area contributed by atoms with Crippen LogP contribution in [0.25, 0.3) is 5.69 Å². The second-order valence-corrected chi connectivity index (χ2v) is 6.16. The fourth-order valence-corrected chi connectivity index (χ4v) is 2.89. The first-order valence-corrected chi connectivity index (χ1v) is 8.64. The molecule has 0 saturated heterocycles. The molecule has 0 saturated carbocycles. The number of nitrogens with zero attached hydrogens (tertiary/aromatic N) is 1. The fraction of sp³-hybridized carbons (Fsp3) is 0.150. The highest BCUT2D eigenvalue weighted by Crippen LogP contribution is 2.27. The molecule has 2 aromatic carbocycles. The standard InChI is InChI=1S/C20H19N3O6/c1-29-15-10-6-5-9-13(15)17(18(25)20(27)28)21-19(26)14-11-16(24)23(22-14)12-7-3-2-4-8-12/h2-11,17-18,22,25H,1H3,(H,21,26)(H,27,28)/t17-,18-/m1/s1. The number of aliphatic hydroxyl groups excluding tert-OH is 1. The maximum atomic E-state index is 12.7. The van der Waals surface area contributed by atoms with Gasteiger partial charge in [-0.3, -0.25) is 14.7 Å². The first-order valence-electron chi connectivity index (χ1n) is 8.64. The molecule has 0 aliphatic heterocycles. The number of carbonyl (C=O) groups excluding carboxylic acids is 1. The number of nitrogens with one attached hydrogen (secondary N) is 2. The van der Waals surface area contributed by atoms with E-state index >= 15 is 0 Å². The second-order valence-electron chi connectivity index (χ2n) is 6.16. The molecule has 0 radical (unpaired) electrons. The fourth-order valence-electron chi connectivity index (χ4n) is 2.89. The smallest absolute Gasteiger partial charge is 0.335 e. The first kappa shape index (κ1) is 19.9. The molecule has 0 bridgehead atoms. The number of H-pyrrole nitrogens is 1. The molecule has 1 aromatic heterocycles. The summed E-state index contributed by atoms with van der Waals surface area (Å²) in [4.78, 5) is 36.3. The van der Waals surface area contributed by atoms with Crippen LogP contribution in [0.5, 0.6) is 5.75 Å². The number of aliphatic hydroxyl groups is 1. The van der Waals surface area contributed by atoms with E-state index in [2.05, 4.69) is 10.4 Å². The summed E-state index contributed by atoms with van der Waals surface area (Å²) in [5.41, 5.74) is 0.261. The Bertz CT molecular complexity index is 1070. The lowest BCUT2D eigenvalue weighted by Crippen LogP contribution is -2.40. The van der Waals surface area contributed by atoms with E-state index in [4.69, 9.17) is 4.74 Å². The van der Waals surface area contributed by atoms with Crippen LogP contribution in [0.1, 0.15) is 22.1 Å². The Balaban J connectivity index is 1.93. The predicted molar refractivity (Wildman–Crippen MR) is 103 cm³/mol. The molecule has 4 N–H and O–H groups in total. The average molecular weight is 397 g/mol. The highest BCUT2D eigenvalue weighted by Gasteiger charge is 2.31. The normalized spacial score (nSPS) is 12.8. The van der Waals surface area contributed by atoms with Crippen LogP contribution in [0, 0.1) is 0 Å². The molecule has 3 rings (SSSR count). The molecule has 9 heteroatoms. The molecule has 0 fully saturated rings. The molecule has 2 atom stereocenters. The van der Waals surface area contributed by atoms with Gasteiger partial charge in [-0.05, 0) is 18.2 Å². The van der Waals surface area contributed by atoms with Crippen molar-refractivity contribution in [2.75, 3.05) is 7.11 Å². The minimum Gasteiger partial charge on any atom is -0.496 e. The van der Waals surface area contributed by atoms with Gasteiger partial charge in [-0.25, -0.2) is 9.48 Å². The lowest BCUT2D eigenvalue weighted by Gasteiger charge is -2.23. The summed E-state index contributed by atoms with van der Waals surface area (Å²) < 4.78 is 6.39. The van der Waals surface area contributed by atoms with Crippen molar-refractivity contribution >= 4 is 11.9 Å². The van der Waals surface area contributed by atoms with E-state index in [9.17, 15) is 24.6 Å². The van der Waals surface area contributed by atoms with Crippen molar-refractivity contribution < 1.29 is 24.5 Å². The van der Waals surface area contributed by atoms with E-state index in [-0.39, 0.29) is 11.3 Å². The van der Waals surface area contributed by atoms with Gasteiger partial charge in [0.25, 0.3) is 11.5 Å². The number of carbonyl (C=O) groups is 2. The highest BCUT2D eigenvalue weighted by atomic mass is 16.5. The molecule has 0 unspecified atom stereocenters. The van der Waals surface area contributed by atoms with Gasteiger partial charge in [0.2, 0.25) is 0 Å². The van der Waals surface area contributed by atoms with Crippen LogP contribution in [-0.2, 0) is 4.79 Å². The van der Waals surface area contributed by atoms with Crippen molar-refractivity contribution in [3.8, 4) is 11.4 Å². The number of rotatable bonds is 7. The number of aliphatic carboxylic acids is 1. The zero-order chi connectivity index (χ0) is 21.0. The summed E-state index contributed by atoms with van der Waals surface area (Å²) in [6.45, 7) is 0. The Hall–Kier alpha value is -3.85. The molecule has 0 spiro atoms. The molecular weight excluding hydrogens is 378 g/mol. The Morgan fingerprint density at radius 2 is 1.76 bits per heavy atom. The van der Waals surface area contributed by atoms with E-state index in [0.717, 1.165) is 6.07 Å². The Morgan fingerprint density at radius 3 is 2.41 bits per heavy atom. The van der Waals surface area contributed by atoms with E-state index in [1.54, 1.807) is 48.5 Å². The second kappa shape index (κ2) is 8.44. The number of methoxy groups -OCH3 is 1. The quantitative estimate of drug-likeness (QED) is 0.472. The van der Waals surface area contributed by atoms with Gasteiger partial charge in [0.05, 0.1) is 18.8 Å². The predicted octanol–water partition coefficient (Wildman–Crippen LogP) is 1.09. The lowest BCUT2D eigenvalue weighted by molar-refractivity contribution is -0.148. The molecule has 1 heterocycles. The van der Waals surface area contributed by atoms with Crippen molar-refractivity contribution in [1.82, 2.24) is 15.1 Å². The zero-order valence-electron chi connectivity index (χ0n) is 15.4. The topological polar surface area (TPSA) is 134 Å². The molecule has 3 aromatic rings. The van der Waals surface area contributed by atoms with Crippen molar-refractivity contribution in [3.63, 3.8) is 0 Å². The van der Waals surface area contributed by atoms with Gasteiger partial charge >= 0.3 is 5.97 Å². The van der Waals surface area contributed by atoms with Crippen molar-refractivity contribution in [3.05, 3.63) is 82.3 Å². The third kappa shape index (κ3) is 4.19. The molecule has 29 heavy (non-hydrogen) atoms. The number of aromatic nitrogens is 2. The molecule has 1 amide bonds. The number of carboxylic acids is 1. The molecule has 150 valence electrons. The lowest BCUT2D eigenvalue weighted by atomic mass is 10.00. The van der Waals surface area contributed by atoms with Crippen molar-refractivity contribution in [2.45, 2.75) is 12.1 Å². The molecular formula is C20H19N3O6. The van der Waals surface area contributed by atoms with Crippen LogP contribution in [0.3, 0.4) is 0 Å². The molecule has 0 aliphatic carbocycles. The largest absolute Gasteiger partial charge is 0.496 e. The summed E-state index contributed by atoms with van der Waals surface area (Å²) >= 11 is 0. The van der Waals surface area contributed by atoms with Gasteiger partial charge in [0.15, 0.2) is 6.10 Å². The van der Waals surface area contributed by atoms with Gasteiger partial charge in [-0.2, -0.15) is 0 Å². The number of hydrogen-bond acceptors (Lipinski definition) is 5. The maximum absolute atomic E-state index is 12.7. The first-order chi connectivity index (χ1) is 13.9. The number of aromatic amines is 1. The number of amides is 1. The summed E-state index contributed by atoms with van der Waals surface area (Å²) in [6, 6.07) is 14.8. The zero-order valence-corrected chi connectivity index (χ0v) is 15.4. The minimum atomic E-state index is -1.93. The number of benzene rings is 2. The van der Waals surface area contributed by atoms with E-state index in [0.29, 0.717) is 11.4 Å².